The van der Waals surface area contributed by atoms with E-state index in [-0.39, 0.29) is 12.0 Å². The minimum absolute atomic E-state index is 0.0952. The molecule has 3 nitrogen and oxygen atoms in total. The van der Waals surface area contributed by atoms with Crippen molar-refractivity contribution in [2.75, 3.05) is 0 Å². The third-order valence-electron chi connectivity index (χ3n) is 2.43. The predicted octanol–water partition coefficient (Wildman–Crippen LogP) is 0.930. The number of aromatic nitrogens is 1. The highest BCUT2D eigenvalue weighted by molar-refractivity contribution is 5.30. The highest BCUT2D eigenvalue weighted by Crippen LogP contribution is 2.18. The summed E-state index contributed by atoms with van der Waals surface area (Å²) in [5.41, 5.74) is 2.78. The largest absolute Gasteiger partial charge is 0.326 e. The van der Waals surface area contributed by atoms with Crippen molar-refractivity contribution >= 4 is 0 Å². The van der Waals surface area contributed by atoms with Gasteiger partial charge in [0, 0.05) is 11.3 Å². The molecule has 0 atom stereocenters. The van der Waals surface area contributed by atoms with Gasteiger partial charge in [0.05, 0.1) is 12.5 Å². The van der Waals surface area contributed by atoms with Gasteiger partial charge in [0.2, 0.25) is 0 Å². The van der Waals surface area contributed by atoms with Crippen LogP contribution in [0.25, 0.3) is 0 Å². The minimum Gasteiger partial charge on any atom is -0.326 e. The summed E-state index contributed by atoms with van der Waals surface area (Å²) in [6.07, 6.45) is 3.33. The summed E-state index contributed by atoms with van der Waals surface area (Å²) in [7, 11) is 0. The molecule has 2 rings (SSSR count). The summed E-state index contributed by atoms with van der Waals surface area (Å²) in [6.45, 7) is 0. The van der Waals surface area contributed by atoms with Crippen LogP contribution in [0, 0.1) is 11.3 Å². The van der Waals surface area contributed by atoms with E-state index in [1.807, 2.05) is 12.1 Å². The van der Waals surface area contributed by atoms with E-state index in [1.54, 1.807) is 0 Å². The summed E-state index contributed by atoms with van der Waals surface area (Å²) in [4.78, 5) is 14.2. The summed E-state index contributed by atoms with van der Waals surface area (Å²) in [5, 5.41) is 8.49. The molecule has 0 unspecified atom stereocenters. The maximum absolute atomic E-state index is 11.4. The third kappa shape index (κ3) is 1.35. The molecule has 0 aromatic carbocycles. The normalized spacial score (nSPS) is 13.8. The van der Waals surface area contributed by atoms with Crippen molar-refractivity contribution in [3.63, 3.8) is 0 Å². The number of hydrogen-bond acceptors (Lipinski definition) is 2. The van der Waals surface area contributed by atoms with Crippen molar-refractivity contribution in [1.82, 2.24) is 4.98 Å². The number of rotatable bonds is 1. The van der Waals surface area contributed by atoms with E-state index in [4.69, 9.17) is 5.26 Å². The Morgan fingerprint density at radius 1 is 1.54 bits per heavy atom. The minimum atomic E-state index is -0.0952. The van der Waals surface area contributed by atoms with Gasteiger partial charge in [-0.25, -0.2) is 0 Å². The van der Waals surface area contributed by atoms with Crippen LogP contribution in [0.1, 0.15) is 23.2 Å². The molecule has 1 aromatic rings. The number of nitriles is 1. The zero-order chi connectivity index (χ0) is 9.26. The van der Waals surface area contributed by atoms with Gasteiger partial charge in [-0.2, -0.15) is 5.26 Å². The van der Waals surface area contributed by atoms with Gasteiger partial charge < -0.3 is 4.98 Å². The Balaban J connectivity index is 2.51. The van der Waals surface area contributed by atoms with Gasteiger partial charge >= 0.3 is 0 Å². The van der Waals surface area contributed by atoms with Crippen LogP contribution in [0.15, 0.2) is 10.9 Å². The van der Waals surface area contributed by atoms with E-state index >= 15 is 0 Å². The van der Waals surface area contributed by atoms with Crippen molar-refractivity contribution in [1.29, 1.82) is 5.26 Å². The Bertz CT molecular complexity index is 426. The lowest BCUT2D eigenvalue weighted by molar-refractivity contribution is 0.896. The molecule has 0 saturated heterocycles. The fourth-order valence-corrected chi connectivity index (χ4v) is 1.78. The first-order chi connectivity index (χ1) is 6.31. The highest BCUT2D eigenvalue weighted by atomic mass is 16.1. The molecule has 1 heterocycles. The first-order valence-corrected chi connectivity index (χ1v) is 4.42. The third-order valence-corrected chi connectivity index (χ3v) is 2.43. The van der Waals surface area contributed by atoms with Crippen LogP contribution in [0.4, 0.5) is 0 Å². The SMILES string of the molecule is N#CCc1cc2c([nH]c1=O)CCC2. The predicted molar refractivity (Wildman–Crippen MR) is 48.4 cm³/mol. The van der Waals surface area contributed by atoms with Crippen LogP contribution in [0.2, 0.25) is 0 Å². The molecule has 0 radical (unpaired) electrons. The molecule has 0 aliphatic heterocycles. The number of aryl methyl sites for hydroxylation is 2. The fraction of sp³-hybridized carbons (Fsp3) is 0.400. The molecule has 1 aliphatic rings. The molecule has 13 heavy (non-hydrogen) atoms. The van der Waals surface area contributed by atoms with Crippen molar-refractivity contribution in [3.05, 3.63) is 33.2 Å². The molecule has 0 fully saturated rings. The van der Waals surface area contributed by atoms with Crippen LogP contribution in [0.3, 0.4) is 0 Å². The Hall–Kier alpha value is -1.56. The van der Waals surface area contributed by atoms with Crippen LogP contribution >= 0.6 is 0 Å². The van der Waals surface area contributed by atoms with Gasteiger partial charge in [0.15, 0.2) is 0 Å². The fourth-order valence-electron chi connectivity index (χ4n) is 1.78. The second kappa shape index (κ2) is 3.06. The van der Waals surface area contributed by atoms with E-state index in [1.165, 1.54) is 5.56 Å². The topological polar surface area (TPSA) is 56.6 Å². The average Bonchev–Trinajstić information content (AvgIpc) is 2.52. The van der Waals surface area contributed by atoms with Crippen molar-refractivity contribution < 1.29 is 0 Å². The molecule has 0 spiro atoms. The van der Waals surface area contributed by atoms with Gasteiger partial charge in [0.1, 0.15) is 0 Å². The molecular formula is C10H10N2O. The quantitative estimate of drug-likeness (QED) is 0.688. The zero-order valence-electron chi connectivity index (χ0n) is 7.26. The van der Waals surface area contributed by atoms with Crippen LogP contribution < -0.4 is 5.56 Å². The van der Waals surface area contributed by atoms with Gasteiger partial charge in [0.25, 0.3) is 5.56 Å². The molecule has 0 saturated carbocycles. The Morgan fingerprint density at radius 2 is 2.38 bits per heavy atom. The second-order valence-corrected chi connectivity index (χ2v) is 3.32. The van der Waals surface area contributed by atoms with Crippen LogP contribution in [0.5, 0.6) is 0 Å². The standard InChI is InChI=1S/C10H10N2O/c11-5-4-8-6-7-2-1-3-9(7)12-10(8)13/h6H,1-4H2,(H,12,13). The van der Waals surface area contributed by atoms with Crippen LogP contribution in [-0.4, -0.2) is 4.98 Å². The summed E-state index contributed by atoms with van der Waals surface area (Å²) in [6, 6.07) is 3.88. The van der Waals surface area contributed by atoms with E-state index in [9.17, 15) is 4.79 Å². The lowest BCUT2D eigenvalue weighted by Crippen LogP contribution is -2.14. The Kier molecular flexibility index (Phi) is 1.90. The number of aromatic amines is 1. The maximum atomic E-state index is 11.4. The molecular weight excluding hydrogens is 164 g/mol. The summed E-state index contributed by atoms with van der Waals surface area (Å²) >= 11 is 0. The number of H-pyrrole nitrogens is 1. The molecule has 0 bridgehead atoms. The maximum Gasteiger partial charge on any atom is 0.252 e. The summed E-state index contributed by atoms with van der Waals surface area (Å²) < 4.78 is 0. The zero-order valence-corrected chi connectivity index (χ0v) is 7.26. The smallest absolute Gasteiger partial charge is 0.252 e. The molecule has 66 valence electrons. The Labute approximate surface area is 76.0 Å². The monoisotopic (exact) mass is 174 g/mol. The molecule has 0 amide bonds. The Morgan fingerprint density at radius 3 is 3.15 bits per heavy atom. The van der Waals surface area contributed by atoms with E-state index < -0.39 is 0 Å². The summed E-state index contributed by atoms with van der Waals surface area (Å²) in [5.74, 6) is 0. The highest BCUT2D eigenvalue weighted by Gasteiger charge is 2.13. The van der Waals surface area contributed by atoms with Gasteiger partial charge in [-0.15, -0.1) is 0 Å². The average molecular weight is 174 g/mol. The van der Waals surface area contributed by atoms with Crippen molar-refractivity contribution in [2.45, 2.75) is 25.7 Å². The molecule has 3 heteroatoms. The molecule has 1 N–H and O–H groups in total. The number of nitrogens with zero attached hydrogens (tertiary/aromatic N) is 1. The van der Waals surface area contributed by atoms with Gasteiger partial charge in [-0.05, 0) is 30.9 Å². The van der Waals surface area contributed by atoms with Crippen LogP contribution in [-0.2, 0) is 19.3 Å². The van der Waals surface area contributed by atoms with E-state index in [0.29, 0.717) is 5.56 Å². The first kappa shape index (κ1) is 8.06. The van der Waals surface area contributed by atoms with Crippen molar-refractivity contribution in [3.8, 4) is 6.07 Å². The molecule has 1 aromatic heterocycles. The van der Waals surface area contributed by atoms with Crippen molar-refractivity contribution in [2.24, 2.45) is 0 Å². The second-order valence-electron chi connectivity index (χ2n) is 3.32. The van der Waals surface area contributed by atoms with E-state index in [2.05, 4.69) is 4.98 Å². The van der Waals surface area contributed by atoms with Gasteiger partial charge in [-0.3, -0.25) is 4.79 Å². The number of fused-ring (bicyclic) bond motifs is 1. The number of pyridine rings is 1. The first-order valence-electron chi connectivity index (χ1n) is 4.42. The number of hydrogen-bond donors (Lipinski definition) is 1. The molecule has 1 aliphatic carbocycles. The lowest BCUT2D eigenvalue weighted by atomic mass is 10.1. The van der Waals surface area contributed by atoms with E-state index in [0.717, 1.165) is 25.0 Å². The van der Waals surface area contributed by atoms with Gasteiger partial charge in [-0.1, -0.05) is 0 Å². The number of nitrogens with one attached hydrogen (secondary N) is 1. The lowest BCUT2D eigenvalue weighted by Gasteiger charge is -2.00.